The van der Waals surface area contributed by atoms with Crippen LogP contribution in [0.15, 0.2) is 96.6 Å². The maximum Gasteiger partial charge on any atom is 0.300 e. The second-order valence-electron chi connectivity index (χ2n) is 8.34. The number of aliphatic hydroxyl groups is 1. The van der Waals surface area contributed by atoms with Crippen LogP contribution < -0.4 is 9.64 Å². The summed E-state index contributed by atoms with van der Waals surface area (Å²) < 4.78 is 5.28. The number of anilines is 1. The van der Waals surface area contributed by atoms with Gasteiger partial charge in [0.15, 0.2) is 0 Å². The minimum atomic E-state index is -0.779. The maximum absolute atomic E-state index is 13.3. The molecule has 1 N–H and O–H groups in total. The van der Waals surface area contributed by atoms with E-state index in [1.54, 1.807) is 31.4 Å². The molecule has 0 aromatic heterocycles. The largest absolute Gasteiger partial charge is 0.507 e. The van der Waals surface area contributed by atoms with Crippen LogP contribution in [0.3, 0.4) is 0 Å². The summed E-state index contributed by atoms with van der Waals surface area (Å²) in [5, 5.41) is 13.3. The molecule has 1 heterocycles. The number of aliphatic hydroxyl groups excluding tert-OH is 1. The highest BCUT2D eigenvalue weighted by atomic mass is 16.5. The van der Waals surface area contributed by atoms with Crippen LogP contribution in [0, 0.1) is 6.92 Å². The van der Waals surface area contributed by atoms with E-state index in [-0.39, 0.29) is 11.3 Å². The van der Waals surface area contributed by atoms with Crippen LogP contribution in [-0.2, 0) is 9.59 Å². The van der Waals surface area contributed by atoms with Crippen molar-refractivity contribution >= 4 is 33.9 Å². The number of hydrogen-bond donors (Lipinski definition) is 1. The summed E-state index contributed by atoms with van der Waals surface area (Å²) in [6.07, 6.45) is 0. The molecular weight excluding hydrogens is 426 g/mol. The van der Waals surface area contributed by atoms with Crippen molar-refractivity contribution in [2.45, 2.75) is 13.0 Å². The van der Waals surface area contributed by atoms with E-state index in [0.717, 1.165) is 16.3 Å². The van der Waals surface area contributed by atoms with Crippen molar-refractivity contribution in [3.8, 4) is 5.75 Å². The molecule has 1 amide bonds. The Kier molecular flexibility index (Phi) is 5.38. The van der Waals surface area contributed by atoms with Crippen molar-refractivity contribution < 1.29 is 19.4 Å². The number of fused-ring (bicyclic) bond motifs is 1. The number of methoxy groups -OCH3 is 1. The number of ether oxygens (including phenoxy) is 1. The summed E-state index contributed by atoms with van der Waals surface area (Å²) in [6, 6.07) is 27.1. The smallest absolute Gasteiger partial charge is 0.300 e. The van der Waals surface area contributed by atoms with Crippen LogP contribution in [0.4, 0.5) is 5.69 Å². The van der Waals surface area contributed by atoms with E-state index < -0.39 is 17.7 Å². The quantitative estimate of drug-likeness (QED) is 0.244. The Balaban J connectivity index is 1.72. The number of ketones is 1. The van der Waals surface area contributed by atoms with Crippen LogP contribution in [0.1, 0.15) is 22.7 Å². The van der Waals surface area contributed by atoms with E-state index in [4.69, 9.17) is 4.74 Å². The van der Waals surface area contributed by atoms with E-state index in [2.05, 4.69) is 0 Å². The van der Waals surface area contributed by atoms with Gasteiger partial charge in [-0.1, -0.05) is 60.7 Å². The lowest BCUT2D eigenvalue weighted by molar-refractivity contribution is -0.132. The number of hydrogen-bond acceptors (Lipinski definition) is 4. The van der Waals surface area contributed by atoms with E-state index >= 15 is 0 Å². The number of carbonyl (C=O) groups is 2. The van der Waals surface area contributed by atoms with E-state index in [1.165, 1.54) is 4.90 Å². The molecule has 4 aromatic carbocycles. The highest BCUT2D eigenvalue weighted by molar-refractivity contribution is 6.51. The molecule has 1 aliphatic heterocycles. The molecule has 34 heavy (non-hydrogen) atoms. The molecule has 0 spiro atoms. The minimum Gasteiger partial charge on any atom is -0.507 e. The first kappa shape index (κ1) is 21.5. The Labute approximate surface area is 197 Å². The number of amides is 1. The molecule has 1 saturated heterocycles. The Bertz CT molecular complexity index is 1450. The van der Waals surface area contributed by atoms with Gasteiger partial charge in [0, 0.05) is 11.3 Å². The Hall–Kier alpha value is -4.38. The average Bonchev–Trinajstić information content (AvgIpc) is 3.13. The minimum absolute atomic E-state index is 0.0620. The van der Waals surface area contributed by atoms with Crippen LogP contribution in [0.25, 0.3) is 16.5 Å². The van der Waals surface area contributed by atoms with Gasteiger partial charge in [0.1, 0.15) is 11.5 Å². The SMILES string of the molecule is COc1ccc(C2/C(=C(/O)c3ccc4ccccc4c3)C(=O)C(=O)N2c2cccc(C)c2)cc1. The van der Waals surface area contributed by atoms with E-state index in [9.17, 15) is 14.7 Å². The highest BCUT2D eigenvalue weighted by Crippen LogP contribution is 2.42. The molecule has 5 rings (SSSR count). The second kappa shape index (κ2) is 8.52. The first-order chi connectivity index (χ1) is 16.5. The Morgan fingerprint density at radius 3 is 2.29 bits per heavy atom. The summed E-state index contributed by atoms with van der Waals surface area (Å²) in [5.74, 6) is -0.924. The number of nitrogens with zero attached hydrogens (tertiary/aromatic N) is 1. The normalized spacial score (nSPS) is 17.4. The number of rotatable bonds is 4. The number of aryl methyl sites for hydroxylation is 1. The zero-order chi connectivity index (χ0) is 23.8. The topological polar surface area (TPSA) is 66.8 Å². The van der Waals surface area contributed by atoms with Crippen molar-refractivity contribution in [2.75, 3.05) is 12.0 Å². The second-order valence-corrected chi connectivity index (χ2v) is 8.34. The van der Waals surface area contributed by atoms with Gasteiger partial charge in [0.2, 0.25) is 0 Å². The fourth-order valence-corrected chi connectivity index (χ4v) is 4.47. The van der Waals surface area contributed by atoms with Gasteiger partial charge in [-0.25, -0.2) is 0 Å². The van der Waals surface area contributed by atoms with Gasteiger partial charge in [-0.15, -0.1) is 0 Å². The van der Waals surface area contributed by atoms with Gasteiger partial charge in [-0.05, 0) is 59.2 Å². The summed E-state index contributed by atoms with van der Waals surface area (Å²) in [5.41, 5.74) is 2.80. The maximum atomic E-state index is 13.3. The zero-order valence-electron chi connectivity index (χ0n) is 18.9. The number of Topliss-reactive ketones (excluding diaryl/α,β-unsaturated/α-hetero) is 1. The molecule has 168 valence electrons. The standard InChI is InChI=1S/C29H23NO4/c1-18-6-5-9-23(16-18)30-26(20-12-14-24(34-2)15-13-20)25(28(32)29(30)33)27(31)22-11-10-19-7-3-4-8-21(19)17-22/h3-17,26,31H,1-2H3/b27-25-. The number of carbonyl (C=O) groups excluding carboxylic acids is 2. The lowest BCUT2D eigenvalue weighted by atomic mass is 9.94. The lowest BCUT2D eigenvalue weighted by Gasteiger charge is -2.26. The van der Waals surface area contributed by atoms with Gasteiger partial charge in [0.05, 0.1) is 18.7 Å². The summed E-state index contributed by atoms with van der Waals surface area (Å²) in [6.45, 7) is 1.93. The van der Waals surface area contributed by atoms with Crippen molar-refractivity contribution in [1.29, 1.82) is 0 Å². The van der Waals surface area contributed by atoms with Crippen LogP contribution in [0.5, 0.6) is 5.75 Å². The van der Waals surface area contributed by atoms with Gasteiger partial charge < -0.3 is 9.84 Å². The molecule has 1 fully saturated rings. The fourth-order valence-electron chi connectivity index (χ4n) is 4.47. The third-order valence-corrected chi connectivity index (χ3v) is 6.18. The molecule has 0 aliphatic carbocycles. The van der Waals surface area contributed by atoms with Gasteiger partial charge in [-0.2, -0.15) is 0 Å². The first-order valence-corrected chi connectivity index (χ1v) is 11.0. The monoisotopic (exact) mass is 449 g/mol. The van der Waals surface area contributed by atoms with Gasteiger partial charge >= 0.3 is 0 Å². The molecule has 1 atom stereocenters. The molecule has 0 bridgehead atoms. The lowest BCUT2D eigenvalue weighted by Crippen LogP contribution is -2.29. The van der Waals surface area contributed by atoms with E-state index in [1.807, 2.05) is 73.7 Å². The fraction of sp³-hybridized carbons (Fsp3) is 0.103. The molecule has 1 unspecified atom stereocenters. The molecule has 0 saturated carbocycles. The third-order valence-electron chi connectivity index (χ3n) is 6.18. The van der Waals surface area contributed by atoms with E-state index in [0.29, 0.717) is 22.6 Å². The molecule has 0 radical (unpaired) electrons. The van der Waals surface area contributed by atoms with Crippen molar-refractivity contribution in [3.05, 3.63) is 113 Å². The molecule has 1 aliphatic rings. The average molecular weight is 450 g/mol. The highest BCUT2D eigenvalue weighted by Gasteiger charge is 2.47. The Morgan fingerprint density at radius 1 is 0.853 bits per heavy atom. The Morgan fingerprint density at radius 2 is 1.59 bits per heavy atom. The zero-order valence-corrected chi connectivity index (χ0v) is 18.9. The predicted octanol–water partition coefficient (Wildman–Crippen LogP) is 5.78. The number of benzene rings is 4. The molecule has 5 heteroatoms. The third kappa shape index (κ3) is 3.61. The van der Waals surface area contributed by atoms with Crippen molar-refractivity contribution in [3.63, 3.8) is 0 Å². The summed E-state index contributed by atoms with van der Waals surface area (Å²) in [4.78, 5) is 28.1. The van der Waals surface area contributed by atoms with Gasteiger partial charge in [0.25, 0.3) is 11.7 Å². The molecular formula is C29H23NO4. The van der Waals surface area contributed by atoms with Gasteiger partial charge in [-0.3, -0.25) is 14.5 Å². The van der Waals surface area contributed by atoms with Crippen LogP contribution in [-0.4, -0.2) is 23.9 Å². The van der Waals surface area contributed by atoms with Crippen LogP contribution in [0.2, 0.25) is 0 Å². The van der Waals surface area contributed by atoms with Crippen molar-refractivity contribution in [1.82, 2.24) is 0 Å². The molecule has 4 aromatic rings. The predicted molar refractivity (Wildman–Crippen MR) is 133 cm³/mol. The summed E-state index contributed by atoms with van der Waals surface area (Å²) >= 11 is 0. The first-order valence-electron chi connectivity index (χ1n) is 11.0. The van der Waals surface area contributed by atoms with Crippen molar-refractivity contribution in [2.24, 2.45) is 0 Å². The summed E-state index contributed by atoms with van der Waals surface area (Å²) in [7, 11) is 1.58. The molecule has 5 nitrogen and oxygen atoms in total. The van der Waals surface area contributed by atoms with Crippen LogP contribution >= 0.6 is 0 Å².